The highest BCUT2D eigenvalue weighted by Gasteiger charge is 2.24. The quantitative estimate of drug-likeness (QED) is 0.837. The van der Waals surface area contributed by atoms with E-state index in [-0.39, 0.29) is 11.5 Å². The molecule has 0 bridgehead atoms. The van der Waals surface area contributed by atoms with Gasteiger partial charge in [0.15, 0.2) is 0 Å². The number of amides is 1. The smallest absolute Gasteiger partial charge is 0.325 e. The number of nitrogens with zero attached hydrogens (tertiary/aromatic N) is 2. The molecule has 2 aliphatic rings. The largest absolute Gasteiger partial charge is 0.344 e. The Kier molecular flexibility index (Phi) is 5.18. The van der Waals surface area contributed by atoms with Crippen LogP contribution in [0.25, 0.3) is 0 Å². The number of aromatic amines is 2. The van der Waals surface area contributed by atoms with Crippen LogP contribution in [-0.2, 0) is 17.8 Å². The molecule has 1 fully saturated rings. The highest BCUT2D eigenvalue weighted by Crippen LogP contribution is 2.24. The topological polar surface area (TPSA) is 89.3 Å². The molecule has 1 amide bonds. The number of H-pyrrole nitrogens is 2. The monoisotopic (exact) mass is 334 g/mol. The van der Waals surface area contributed by atoms with Crippen LogP contribution in [0.5, 0.6) is 0 Å². The molecular weight excluding hydrogens is 308 g/mol. The Labute approximate surface area is 141 Å². The van der Waals surface area contributed by atoms with Crippen molar-refractivity contribution in [3.05, 3.63) is 32.1 Å². The molecule has 0 saturated heterocycles. The molecule has 0 atom stereocenters. The van der Waals surface area contributed by atoms with Gasteiger partial charge in [0, 0.05) is 37.9 Å². The number of likely N-dealkylation sites (N-methyl/N-ethyl adjacent to an activating group) is 1. The number of hydrogen-bond acceptors (Lipinski definition) is 4. The Balaban J connectivity index is 1.57. The van der Waals surface area contributed by atoms with Gasteiger partial charge in [-0.3, -0.25) is 19.5 Å². The highest BCUT2D eigenvalue weighted by molar-refractivity contribution is 5.78. The molecule has 24 heavy (non-hydrogen) atoms. The fraction of sp³-hybridized carbons (Fsp3) is 0.706. The van der Waals surface area contributed by atoms with Gasteiger partial charge in [-0.2, -0.15) is 0 Å². The van der Waals surface area contributed by atoms with E-state index in [0.717, 1.165) is 6.54 Å². The lowest BCUT2D eigenvalue weighted by molar-refractivity contribution is -0.132. The molecule has 1 saturated carbocycles. The zero-order chi connectivity index (χ0) is 17.1. The second-order valence-electron chi connectivity index (χ2n) is 7.10. The minimum absolute atomic E-state index is 0.108. The van der Waals surface area contributed by atoms with Crippen LogP contribution in [0, 0.1) is 5.92 Å². The number of carbonyl (C=O) groups is 1. The van der Waals surface area contributed by atoms with Crippen molar-refractivity contribution < 1.29 is 4.79 Å². The number of nitrogens with one attached hydrogen (secondary N) is 2. The minimum Gasteiger partial charge on any atom is -0.344 e. The van der Waals surface area contributed by atoms with Crippen molar-refractivity contribution in [2.75, 3.05) is 26.7 Å². The van der Waals surface area contributed by atoms with Crippen molar-refractivity contribution in [3.8, 4) is 0 Å². The van der Waals surface area contributed by atoms with E-state index < -0.39 is 5.69 Å². The van der Waals surface area contributed by atoms with Gasteiger partial charge in [0.05, 0.1) is 6.54 Å². The van der Waals surface area contributed by atoms with E-state index >= 15 is 0 Å². The zero-order valence-corrected chi connectivity index (χ0v) is 14.3. The van der Waals surface area contributed by atoms with Crippen molar-refractivity contribution >= 4 is 5.91 Å². The molecule has 2 N–H and O–H groups in total. The van der Waals surface area contributed by atoms with Crippen LogP contribution in [-0.4, -0.2) is 52.4 Å². The fourth-order valence-corrected chi connectivity index (χ4v) is 3.84. The predicted octanol–water partition coefficient (Wildman–Crippen LogP) is 0.460. The first-order valence-corrected chi connectivity index (χ1v) is 8.83. The Bertz CT molecular complexity index is 703. The van der Waals surface area contributed by atoms with Gasteiger partial charge in [0.25, 0.3) is 5.56 Å². The van der Waals surface area contributed by atoms with Gasteiger partial charge in [-0.15, -0.1) is 0 Å². The minimum atomic E-state index is -0.485. The van der Waals surface area contributed by atoms with Crippen LogP contribution in [0.3, 0.4) is 0 Å². The van der Waals surface area contributed by atoms with Gasteiger partial charge in [-0.25, -0.2) is 4.79 Å². The van der Waals surface area contributed by atoms with E-state index in [9.17, 15) is 14.4 Å². The van der Waals surface area contributed by atoms with E-state index in [0.29, 0.717) is 43.2 Å². The summed E-state index contributed by atoms with van der Waals surface area (Å²) in [6.45, 7) is 2.26. The van der Waals surface area contributed by atoms with Gasteiger partial charge in [0.1, 0.15) is 0 Å². The van der Waals surface area contributed by atoms with Crippen LogP contribution in [0.15, 0.2) is 9.59 Å². The van der Waals surface area contributed by atoms with Crippen molar-refractivity contribution in [2.45, 2.75) is 45.1 Å². The molecule has 1 aliphatic heterocycles. The van der Waals surface area contributed by atoms with Gasteiger partial charge < -0.3 is 9.88 Å². The maximum absolute atomic E-state index is 12.5. The third-order valence-corrected chi connectivity index (χ3v) is 5.23. The van der Waals surface area contributed by atoms with Crippen molar-refractivity contribution in [3.63, 3.8) is 0 Å². The second-order valence-corrected chi connectivity index (χ2v) is 7.10. The van der Waals surface area contributed by atoms with Crippen LogP contribution < -0.4 is 11.2 Å². The van der Waals surface area contributed by atoms with E-state index in [1.807, 2.05) is 16.8 Å². The molecule has 0 aromatic carbocycles. The summed E-state index contributed by atoms with van der Waals surface area (Å²) in [6, 6.07) is 0. The van der Waals surface area contributed by atoms with Crippen molar-refractivity contribution in [1.82, 2.24) is 19.8 Å². The van der Waals surface area contributed by atoms with Crippen LogP contribution in [0.1, 0.15) is 43.4 Å². The maximum Gasteiger partial charge on any atom is 0.325 e. The molecule has 0 spiro atoms. The van der Waals surface area contributed by atoms with E-state index in [4.69, 9.17) is 0 Å². The molecule has 132 valence electrons. The summed E-state index contributed by atoms with van der Waals surface area (Å²) in [6.07, 6.45) is 6.87. The number of carbonyl (C=O) groups excluding carboxylic acids is 1. The average Bonchev–Trinajstić information content (AvgIpc) is 2.55. The molecule has 0 unspecified atom stereocenters. The first-order valence-electron chi connectivity index (χ1n) is 8.83. The van der Waals surface area contributed by atoms with Gasteiger partial charge in [0.2, 0.25) is 5.91 Å². The highest BCUT2D eigenvalue weighted by atomic mass is 16.2. The normalized spacial score (nSPS) is 19.0. The Hall–Kier alpha value is -1.89. The summed E-state index contributed by atoms with van der Waals surface area (Å²) < 4.78 is 0. The van der Waals surface area contributed by atoms with E-state index in [1.165, 1.54) is 32.1 Å². The number of rotatable bonds is 4. The van der Waals surface area contributed by atoms with Gasteiger partial charge >= 0.3 is 5.69 Å². The summed E-state index contributed by atoms with van der Waals surface area (Å²) in [4.78, 5) is 44.4. The Morgan fingerprint density at radius 3 is 2.71 bits per heavy atom. The van der Waals surface area contributed by atoms with E-state index in [2.05, 4.69) is 9.97 Å². The summed E-state index contributed by atoms with van der Waals surface area (Å²) >= 11 is 0. The second kappa shape index (κ2) is 7.34. The van der Waals surface area contributed by atoms with Gasteiger partial charge in [-0.05, 0) is 25.2 Å². The number of aromatic nitrogens is 2. The lowest BCUT2D eigenvalue weighted by atomic mass is 9.89. The summed E-state index contributed by atoms with van der Waals surface area (Å²) in [5.74, 6) is 0.737. The Morgan fingerprint density at radius 2 is 1.96 bits per heavy atom. The molecular formula is C17H26N4O3. The lowest BCUT2D eigenvalue weighted by Gasteiger charge is -2.31. The third kappa shape index (κ3) is 3.95. The van der Waals surface area contributed by atoms with Crippen molar-refractivity contribution in [2.24, 2.45) is 5.92 Å². The molecule has 1 aliphatic carbocycles. The SMILES string of the molecule is CN(CC1CCCCC1)C(=O)CN1CCc2c([nH]c(=O)[nH]c2=O)C1. The molecule has 1 aromatic rings. The zero-order valence-electron chi connectivity index (χ0n) is 14.3. The molecule has 2 heterocycles. The van der Waals surface area contributed by atoms with Crippen LogP contribution in [0.2, 0.25) is 0 Å². The standard InChI is InChI=1S/C17H26N4O3/c1-20(9-12-5-3-2-4-6-12)15(22)11-21-8-7-13-14(10-21)18-17(24)19-16(13)23/h12H,2-11H2,1H3,(H2,18,19,23,24). The molecule has 0 radical (unpaired) electrons. The maximum atomic E-state index is 12.5. The summed E-state index contributed by atoms with van der Waals surface area (Å²) in [5.41, 5.74) is 0.474. The van der Waals surface area contributed by atoms with Crippen molar-refractivity contribution in [1.29, 1.82) is 0 Å². The summed E-state index contributed by atoms with van der Waals surface area (Å²) in [7, 11) is 1.88. The number of fused-ring (bicyclic) bond motifs is 1. The average molecular weight is 334 g/mol. The molecule has 1 aromatic heterocycles. The molecule has 7 heteroatoms. The first kappa shape index (κ1) is 17.0. The third-order valence-electron chi connectivity index (χ3n) is 5.23. The molecule has 3 rings (SSSR count). The van der Waals surface area contributed by atoms with Crippen LogP contribution >= 0.6 is 0 Å². The van der Waals surface area contributed by atoms with E-state index in [1.54, 1.807) is 0 Å². The predicted molar refractivity (Wildman–Crippen MR) is 90.9 cm³/mol. The lowest BCUT2D eigenvalue weighted by Crippen LogP contribution is -2.44. The van der Waals surface area contributed by atoms with Crippen LogP contribution in [0.4, 0.5) is 0 Å². The molecule has 7 nitrogen and oxygen atoms in total. The first-order chi connectivity index (χ1) is 11.5. The number of hydrogen-bond donors (Lipinski definition) is 2. The summed E-state index contributed by atoms with van der Waals surface area (Å²) in [5, 5.41) is 0. The fourth-order valence-electron chi connectivity index (χ4n) is 3.84. The Morgan fingerprint density at radius 1 is 1.21 bits per heavy atom. The van der Waals surface area contributed by atoms with Gasteiger partial charge in [-0.1, -0.05) is 19.3 Å².